The average molecular weight is 344 g/mol. The second-order valence-electron chi connectivity index (χ2n) is 7.77. The van der Waals surface area contributed by atoms with Gasteiger partial charge in [0.2, 0.25) is 11.8 Å². The zero-order valence-electron chi connectivity index (χ0n) is 14.6. The van der Waals surface area contributed by atoms with Gasteiger partial charge in [-0.15, -0.1) is 19.0 Å². The highest BCUT2D eigenvalue weighted by atomic mass is 35.5. The zero-order chi connectivity index (χ0) is 16.5. The summed E-state index contributed by atoms with van der Waals surface area (Å²) in [5.41, 5.74) is -1.14. The molecule has 3 N–H and O–H groups in total. The SMILES string of the molecule is C=CCC1C2CNC[C@@H]2CC1(NC(C)=O)C(=O)NC(C)(C)C.Cl. The summed E-state index contributed by atoms with van der Waals surface area (Å²) >= 11 is 0. The van der Waals surface area contributed by atoms with Crippen molar-refractivity contribution in [1.29, 1.82) is 0 Å². The van der Waals surface area contributed by atoms with Gasteiger partial charge in [-0.2, -0.15) is 0 Å². The average Bonchev–Trinajstić information content (AvgIpc) is 2.89. The van der Waals surface area contributed by atoms with Gasteiger partial charge in [0, 0.05) is 12.5 Å². The monoisotopic (exact) mass is 343 g/mol. The van der Waals surface area contributed by atoms with E-state index >= 15 is 0 Å². The first-order valence-electron chi connectivity index (χ1n) is 8.12. The Morgan fingerprint density at radius 2 is 2.00 bits per heavy atom. The molecule has 4 atom stereocenters. The molecule has 1 saturated carbocycles. The van der Waals surface area contributed by atoms with Gasteiger partial charge in [-0.3, -0.25) is 9.59 Å². The molecule has 1 aliphatic heterocycles. The van der Waals surface area contributed by atoms with Gasteiger partial charge in [0.1, 0.15) is 5.54 Å². The summed E-state index contributed by atoms with van der Waals surface area (Å²) in [4.78, 5) is 24.9. The highest BCUT2D eigenvalue weighted by Gasteiger charge is 2.58. The number of amides is 2. The Hall–Kier alpha value is -1.07. The lowest BCUT2D eigenvalue weighted by molar-refractivity contribution is -0.136. The van der Waals surface area contributed by atoms with Crippen LogP contribution in [0.3, 0.4) is 0 Å². The molecular weight excluding hydrogens is 314 g/mol. The number of hydrogen-bond acceptors (Lipinski definition) is 3. The molecule has 6 heteroatoms. The van der Waals surface area contributed by atoms with Gasteiger partial charge in [-0.1, -0.05) is 6.08 Å². The molecule has 0 aromatic rings. The molecule has 5 nitrogen and oxygen atoms in total. The van der Waals surface area contributed by atoms with Gasteiger partial charge in [-0.25, -0.2) is 0 Å². The summed E-state index contributed by atoms with van der Waals surface area (Å²) < 4.78 is 0. The van der Waals surface area contributed by atoms with Crippen molar-refractivity contribution in [3.63, 3.8) is 0 Å². The van der Waals surface area contributed by atoms with Crippen LogP contribution in [-0.4, -0.2) is 36.0 Å². The molecule has 0 spiro atoms. The fourth-order valence-electron chi connectivity index (χ4n) is 4.16. The van der Waals surface area contributed by atoms with E-state index in [4.69, 9.17) is 0 Å². The van der Waals surface area contributed by atoms with Crippen molar-refractivity contribution in [1.82, 2.24) is 16.0 Å². The van der Waals surface area contributed by atoms with Crippen LogP contribution >= 0.6 is 12.4 Å². The molecule has 23 heavy (non-hydrogen) atoms. The summed E-state index contributed by atoms with van der Waals surface area (Å²) in [6.07, 6.45) is 3.30. The van der Waals surface area contributed by atoms with Crippen molar-refractivity contribution in [3.05, 3.63) is 12.7 Å². The minimum Gasteiger partial charge on any atom is -0.349 e. The van der Waals surface area contributed by atoms with Crippen molar-refractivity contribution in [3.8, 4) is 0 Å². The predicted octanol–water partition coefficient (Wildman–Crippen LogP) is 1.63. The van der Waals surface area contributed by atoms with E-state index in [0.29, 0.717) is 18.3 Å². The second-order valence-corrected chi connectivity index (χ2v) is 7.77. The fraction of sp³-hybridized carbons (Fsp3) is 0.765. The van der Waals surface area contributed by atoms with Gasteiger partial charge < -0.3 is 16.0 Å². The van der Waals surface area contributed by atoms with Crippen molar-refractivity contribution in [2.24, 2.45) is 17.8 Å². The van der Waals surface area contributed by atoms with E-state index in [1.807, 2.05) is 26.8 Å². The third kappa shape index (κ3) is 4.07. The van der Waals surface area contributed by atoms with E-state index in [1.165, 1.54) is 6.92 Å². The number of nitrogens with one attached hydrogen (secondary N) is 3. The van der Waals surface area contributed by atoms with E-state index in [1.54, 1.807) is 0 Å². The van der Waals surface area contributed by atoms with Gasteiger partial charge in [0.05, 0.1) is 0 Å². The predicted molar refractivity (Wildman–Crippen MR) is 94.5 cm³/mol. The van der Waals surface area contributed by atoms with Crippen molar-refractivity contribution < 1.29 is 9.59 Å². The highest BCUT2D eigenvalue weighted by molar-refractivity contribution is 5.92. The third-order valence-corrected chi connectivity index (χ3v) is 4.84. The molecule has 2 fully saturated rings. The number of carbonyl (C=O) groups excluding carboxylic acids is 2. The van der Waals surface area contributed by atoms with Crippen LogP contribution < -0.4 is 16.0 Å². The summed E-state index contributed by atoms with van der Waals surface area (Å²) in [6.45, 7) is 13.1. The van der Waals surface area contributed by atoms with Crippen LogP contribution in [0.5, 0.6) is 0 Å². The molecular formula is C17H30ClN3O2. The molecule has 2 rings (SSSR count). The van der Waals surface area contributed by atoms with Crippen LogP contribution in [0, 0.1) is 17.8 Å². The minimum absolute atomic E-state index is 0. The number of allylic oxidation sites excluding steroid dienone is 1. The van der Waals surface area contributed by atoms with E-state index in [2.05, 4.69) is 22.5 Å². The maximum absolute atomic E-state index is 13.1. The van der Waals surface area contributed by atoms with Crippen LogP contribution in [-0.2, 0) is 9.59 Å². The molecule has 0 aromatic carbocycles. The molecule has 2 amide bonds. The Kier molecular flexibility index (Phi) is 6.27. The van der Waals surface area contributed by atoms with Crippen LogP contribution in [0.1, 0.15) is 40.5 Å². The van der Waals surface area contributed by atoms with Crippen LogP contribution in [0.25, 0.3) is 0 Å². The van der Waals surface area contributed by atoms with Crippen LogP contribution in [0.15, 0.2) is 12.7 Å². The van der Waals surface area contributed by atoms with Gasteiger partial charge in [0.15, 0.2) is 0 Å². The minimum atomic E-state index is -0.815. The molecule has 0 aromatic heterocycles. The normalized spacial score (nSPS) is 32.6. The largest absolute Gasteiger partial charge is 0.349 e. The second kappa shape index (κ2) is 7.22. The van der Waals surface area contributed by atoms with E-state index in [0.717, 1.165) is 19.5 Å². The Morgan fingerprint density at radius 3 is 2.52 bits per heavy atom. The fourth-order valence-corrected chi connectivity index (χ4v) is 4.16. The number of fused-ring (bicyclic) bond motifs is 1. The maximum atomic E-state index is 13.1. The number of carbonyl (C=O) groups is 2. The van der Waals surface area contributed by atoms with Crippen LogP contribution in [0.4, 0.5) is 0 Å². The van der Waals surface area contributed by atoms with Crippen molar-refractivity contribution in [2.45, 2.75) is 51.6 Å². The molecule has 2 aliphatic rings. The quantitative estimate of drug-likeness (QED) is 0.679. The number of rotatable bonds is 4. The maximum Gasteiger partial charge on any atom is 0.246 e. The summed E-state index contributed by atoms with van der Waals surface area (Å²) in [6, 6.07) is 0. The molecule has 1 aliphatic carbocycles. The Bertz CT molecular complexity index is 475. The Labute approximate surface area is 145 Å². The Balaban J connectivity index is 0.00000264. The summed E-state index contributed by atoms with van der Waals surface area (Å²) in [7, 11) is 0. The Morgan fingerprint density at radius 1 is 1.35 bits per heavy atom. The first-order valence-corrected chi connectivity index (χ1v) is 8.12. The van der Waals surface area contributed by atoms with E-state index < -0.39 is 5.54 Å². The van der Waals surface area contributed by atoms with Gasteiger partial charge in [-0.05, 0) is 64.5 Å². The van der Waals surface area contributed by atoms with Crippen molar-refractivity contribution >= 4 is 24.2 Å². The lowest BCUT2D eigenvalue weighted by atomic mass is 9.79. The summed E-state index contributed by atoms with van der Waals surface area (Å²) in [5.74, 6) is 0.733. The lowest BCUT2D eigenvalue weighted by Crippen LogP contribution is -2.64. The smallest absolute Gasteiger partial charge is 0.246 e. The molecule has 1 heterocycles. The molecule has 3 unspecified atom stereocenters. The molecule has 0 radical (unpaired) electrons. The zero-order valence-corrected chi connectivity index (χ0v) is 15.4. The standard InChI is InChI=1S/C17H29N3O2.ClH/c1-6-7-14-13-10-18-9-12(13)8-17(14,19-11(2)21)15(22)20-16(3,4)5;/h6,12-14,18H,1,7-10H2,2-5H3,(H,19,21)(H,20,22);1H/t12-,13?,14?,17?;/m0./s1. The highest BCUT2D eigenvalue weighted by Crippen LogP contribution is 2.48. The number of hydrogen-bond donors (Lipinski definition) is 3. The van der Waals surface area contributed by atoms with E-state index in [-0.39, 0.29) is 35.7 Å². The molecule has 1 saturated heterocycles. The third-order valence-electron chi connectivity index (χ3n) is 4.84. The van der Waals surface area contributed by atoms with E-state index in [9.17, 15) is 9.59 Å². The first kappa shape index (κ1) is 20.0. The van der Waals surface area contributed by atoms with Crippen molar-refractivity contribution in [2.75, 3.05) is 13.1 Å². The number of halogens is 1. The molecule has 132 valence electrons. The molecule has 0 bridgehead atoms. The topological polar surface area (TPSA) is 70.2 Å². The van der Waals surface area contributed by atoms with Gasteiger partial charge >= 0.3 is 0 Å². The van der Waals surface area contributed by atoms with Gasteiger partial charge in [0.25, 0.3) is 0 Å². The van der Waals surface area contributed by atoms with Crippen LogP contribution in [0.2, 0.25) is 0 Å². The summed E-state index contributed by atoms with van der Waals surface area (Å²) in [5, 5.41) is 9.50. The first-order chi connectivity index (χ1) is 10.2. The lowest BCUT2D eigenvalue weighted by Gasteiger charge is -2.38.